The molecule has 3 rings (SSSR count). The van der Waals surface area contributed by atoms with E-state index in [2.05, 4.69) is 10.5 Å². The molecule has 0 saturated carbocycles. The fourth-order valence-electron chi connectivity index (χ4n) is 2.48. The highest BCUT2D eigenvalue weighted by atomic mass is 35.5. The lowest BCUT2D eigenvalue weighted by molar-refractivity contribution is 0.0952. The van der Waals surface area contributed by atoms with Gasteiger partial charge in [-0.1, -0.05) is 35.9 Å². The van der Waals surface area contributed by atoms with Gasteiger partial charge in [0.15, 0.2) is 11.5 Å². The van der Waals surface area contributed by atoms with Gasteiger partial charge in [0.05, 0.1) is 18.9 Å². The molecule has 0 aromatic heterocycles. The van der Waals surface area contributed by atoms with E-state index in [1.54, 1.807) is 6.07 Å². The lowest BCUT2D eigenvalue weighted by Crippen LogP contribution is -2.17. The van der Waals surface area contributed by atoms with Crippen LogP contribution >= 0.6 is 11.6 Å². The lowest BCUT2D eigenvalue weighted by Gasteiger charge is -2.07. The van der Waals surface area contributed by atoms with Gasteiger partial charge in [0.2, 0.25) is 0 Å². The van der Waals surface area contributed by atoms with Crippen LogP contribution in [0.5, 0.6) is 17.2 Å². The Hall–Kier alpha value is -3.25. The summed E-state index contributed by atoms with van der Waals surface area (Å²) in [4.78, 5) is 12.3. The molecular weight excluding hydrogens is 356 g/mol. The van der Waals surface area contributed by atoms with Crippen LogP contribution in [0.3, 0.4) is 0 Å². The third-order valence-electron chi connectivity index (χ3n) is 3.77. The number of fused-ring (bicyclic) bond motifs is 1. The highest BCUT2D eigenvalue weighted by molar-refractivity contribution is 6.31. The van der Waals surface area contributed by atoms with Gasteiger partial charge in [-0.2, -0.15) is 5.10 Å². The molecule has 0 aliphatic carbocycles. The minimum absolute atomic E-state index is 0.0914. The molecule has 0 unspecified atom stereocenters. The topological polar surface area (TPSA) is 91.2 Å². The number of hydrazone groups is 1. The largest absolute Gasteiger partial charge is 0.507 e. The van der Waals surface area contributed by atoms with Crippen molar-refractivity contribution in [2.75, 3.05) is 7.11 Å². The van der Waals surface area contributed by atoms with Crippen LogP contribution in [0, 0.1) is 0 Å². The molecule has 7 heteroatoms. The molecule has 0 fully saturated rings. The molecule has 0 spiro atoms. The number of nitrogens with one attached hydrogen (secondary N) is 1. The smallest absolute Gasteiger partial charge is 0.275 e. The van der Waals surface area contributed by atoms with Crippen molar-refractivity contribution in [3.8, 4) is 17.2 Å². The Bertz CT molecular complexity index is 1020. The minimum Gasteiger partial charge on any atom is -0.507 e. The van der Waals surface area contributed by atoms with E-state index in [1.165, 1.54) is 31.5 Å². The standard InChI is InChI=1S/C19H15ClN2O4/c1-26-17-9-14(20)6-13(18(17)24)10-21-22-19(25)15-7-11-4-2-3-5-12(11)8-16(15)23/h2-10,23-24H,1H3,(H,22,25). The van der Waals surface area contributed by atoms with E-state index in [9.17, 15) is 15.0 Å². The van der Waals surface area contributed by atoms with Crippen molar-refractivity contribution in [3.05, 3.63) is 64.7 Å². The molecule has 0 saturated heterocycles. The number of hydrogen-bond acceptors (Lipinski definition) is 5. The van der Waals surface area contributed by atoms with Gasteiger partial charge in [-0.05, 0) is 29.0 Å². The zero-order valence-corrected chi connectivity index (χ0v) is 14.5. The quantitative estimate of drug-likeness (QED) is 0.482. The monoisotopic (exact) mass is 370 g/mol. The summed E-state index contributed by atoms with van der Waals surface area (Å²) in [5, 5.41) is 25.9. The Morgan fingerprint density at radius 2 is 1.85 bits per heavy atom. The second-order valence-corrected chi connectivity index (χ2v) is 5.90. The Morgan fingerprint density at radius 3 is 2.54 bits per heavy atom. The molecular formula is C19H15ClN2O4. The summed E-state index contributed by atoms with van der Waals surface area (Å²) in [7, 11) is 1.40. The van der Waals surface area contributed by atoms with E-state index in [1.807, 2.05) is 24.3 Å². The molecule has 6 nitrogen and oxygen atoms in total. The Morgan fingerprint density at radius 1 is 1.15 bits per heavy atom. The normalized spacial score (nSPS) is 11.0. The maximum Gasteiger partial charge on any atom is 0.275 e. The number of hydrogen-bond donors (Lipinski definition) is 3. The van der Waals surface area contributed by atoms with Crippen LogP contribution in [0.2, 0.25) is 5.02 Å². The number of aromatic hydroxyl groups is 2. The van der Waals surface area contributed by atoms with Crippen molar-refractivity contribution in [2.24, 2.45) is 5.10 Å². The fraction of sp³-hybridized carbons (Fsp3) is 0.0526. The highest BCUT2D eigenvalue weighted by Crippen LogP contribution is 2.32. The first-order chi connectivity index (χ1) is 12.5. The molecule has 3 N–H and O–H groups in total. The number of phenols is 2. The summed E-state index contributed by atoms with van der Waals surface area (Å²) in [6.07, 6.45) is 1.24. The van der Waals surface area contributed by atoms with Gasteiger partial charge in [-0.15, -0.1) is 0 Å². The van der Waals surface area contributed by atoms with E-state index >= 15 is 0 Å². The van der Waals surface area contributed by atoms with Crippen LogP contribution < -0.4 is 10.2 Å². The van der Waals surface area contributed by atoms with Gasteiger partial charge in [0, 0.05) is 16.7 Å². The number of ether oxygens (including phenoxy) is 1. The van der Waals surface area contributed by atoms with E-state index in [4.69, 9.17) is 16.3 Å². The van der Waals surface area contributed by atoms with Crippen LogP contribution in [0.1, 0.15) is 15.9 Å². The number of halogens is 1. The van der Waals surface area contributed by atoms with Gasteiger partial charge < -0.3 is 14.9 Å². The molecule has 0 aliphatic heterocycles. The van der Waals surface area contributed by atoms with E-state index in [0.717, 1.165) is 10.8 Å². The zero-order chi connectivity index (χ0) is 18.7. The third kappa shape index (κ3) is 3.55. The number of benzene rings is 3. The van der Waals surface area contributed by atoms with E-state index < -0.39 is 5.91 Å². The van der Waals surface area contributed by atoms with Crippen molar-refractivity contribution in [3.63, 3.8) is 0 Å². The molecule has 132 valence electrons. The highest BCUT2D eigenvalue weighted by Gasteiger charge is 2.12. The molecule has 0 heterocycles. The Kier molecular flexibility index (Phi) is 4.95. The predicted molar refractivity (Wildman–Crippen MR) is 100 cm³/mol. The number of amides is 1. The van der Waals surface area contributed by atoms with Gasteiger partial charge >= 0.3 is 0 Å². The first-order valence-corrected chi connectivity index (χ1v) is 7.99. The van der Waals surface area contributed by atoms with E-state index in [-0.39, 0.29) is 28.4 Å². The van der Waals surface area contributed by atoms with Crippen molar-refractivity contribution >= 4 is 34.5 Å². The number of nitrogens with zero attached hydrogens (tertiary/aromatic N) is 1. The minimum atomic E-state index is -0.585. The molecule has 1 amide bonds. The summed E-state index contributed by atoms with van der Waals surface area (Å²) in [6.45, 7) is 0. The van der Waals surface area contributed by atoms with Gasteiger partial charge in [-0.25, -0.2) is 5.43 Å². The maximum absolute atomic E-state index is 12.3. The molecule has 0 aliphatic rings. The van der Waals surface area contributed by atoms with Gasteiger partial charge in [-0.3, -0.25) is 4.79 Å². The average Bonchev–Trinajstić information content (AvgIpc) is 2.63. The van der Waals surface area contributed by atoms with Crippen LogP contribution in [0.25, 0.3) is 10.8 Å². The van der Waals surface area contributed by atoms with Crippen LogP contribution in [-0.2, 0) is 0 Å². The molecule has 0 radical (unpaired) electrons. The van der Waals surface area contributed by atoms with Gasteiger partial charge in [0.25, 0.3) is 5.91 Å². The predicted octanol–water partition coefficient (Wildman–Crippen LogP) is 3.68. The maximum atomic E-state index is 12.3. The zero-order valence-electron chi connectivity index (χ0n) is 13.7. The molecule has 26 heavy (non-hydrogen) atoms. The Balaban J connectivity index is 1.82. The fourth-order valence-corrected chi connectivity index (χ4v) is 2.70. The summed E-state index contributed by atoms with van der Waals surface area (Å²) >= 11 is 5.94. The lowest BCUT2D eigenvalue weighted by atomic mass is 10.1. The van der Waals surface area contributed by atoms with E-state index in [0.29, 0.717) is 5.02 Å². The average molecular weight is 371 g/mol. The summed E-state index contributed by atoms with van der Waals surface area (Å²) in [5.74, 6) is -0.692. The third-order valence-corrected chi connectivity index (χ3v) is 3.99. The number of carbonyl (C=O) groups excluding carboxylic acids is 1. The van der Waals surface area contributed by atoms with Crippen molar-refractivity contribution in [1.29, 1.82) is 0 Å². The first kappa shape index (κ1) is 17.6. The number of phenolic OH excluding ortho intramolecular Hbond substituents is 2. The SMILES string of the molecule is COc1cc(Cl)cc(C=NNC(=O)c2cc3ccccc3cc2O)c1O. The summed E-state index contributed by atoms with van der Waals surface area (Å²) in [5.41, 5.74) is 2.68. The van der Waals surface area contributed by atoms with Gasteiger partial charge in [0.1, 0.15) is 5.75 Å². The van der Waals surface area contributed by atoms with Crippen molar-refractivity contribution in [2.45, 2.75) is 0 Å². The molecule has 0 atom stereocenters. The number of carbonyl (C=O) groups is 1. The van der Waals surface area contributed by atoms with Crippen LogP contribution in [-0.4, -0.2) is 29.4 Å². The summed E-state index contributed by atoms with van der Waals surface area (Å²) in [6, 6.07) is 13.4. The van der Waals surface area contributed by atoms with Crippen LogP contribution in [0.15, 0.2) is 53.6 Å². The molecule has 3 aromatic rings. The Labute approximate surface area is 154 Å². The summed E-state index contributed by atoms with van der Waals surface area (Å²) < 4.78 is 5.00. The van der Waals surface area contributed by atoms with Crippen LogP contribution in [0.4, 0.5) is 0 Å². The second-order valence-electron chi connectivity index (χ2n) is 5.46. The second kappa shape index (κ2) is 7.33. The number of rotatable bonds is 4. The molecule has 0 bridgehead atoms. The van der Waals surface area contributed by atoms with Crippen molar-refractivity contribution < 1.29 is 19.7 Å². The van der Waals surface area contributed by atoms with Crippen molar-refractivity contribution in [1.82, 2.24) is 5.43 Å². The first-order valence-electron chi connectivity index (χ1n) is 7.61. The number of methoxy groups -OCH3 is 1. The molecule has 3 aromatic carbocycles.